The number of non-ortho nitro benzene ring substituents is 1. The Kier molecular flexibility index (Phi) is 14.0. The zero-order valence-corrected chi connectivity index (χ0v) is 17.7. The van der Waals surface area contributed by atoms with Gasteiger partial charge in [0.15, 0.2) is 0 Å². The minimum Gasteiger partial charge on any atom is -0.427 e. The molecule has 5 heteroatoms. The number of carbonyl (C=O) groups excluding carboxylic acids is 1. The fourth-order valence-electron chi connectivity index (χ4n) is 2.90. The Hall–Kier alpha value is -2.43. The standard InChI is InChI=1S/C24H35NO4/c1-2-3-4-5-6-7-8-9-10-11-12-13-14-15-16-17-24(26)29-23-20-18-22(19-21-23)25(27)28/h6-7,9-10,18-21H,2-5,8,11-17H2,1H3/b7-6+,10-9+. The van der Waals surface area contributed by atoms with Gasteiger partial charge in [-0.15, -0.1) is 0 Å². The molecule has 0 heterocycles. The summed E-state index contributed by atoms with van der Waals surface area (Å²) in [5, 5.41) is 10.6. The molecule has 160 valence electrons. The summed E-state index contributed by atoms with van der Waals surface area (Å²) in [7, 11) is 0. The number of carbonyl (C=O) groups is 1. The number of hydrogen-bond donors (Lipinski definition) is 0. The number of allylic oxidation sites excluding steroid dienone is 4. The second-order valence-electron chi connectivity index (χ2n) is 7.21. The molecule has 0 amide bonds. The van der Waals surface area contributed by atoms with Gasteiger partial charge in [0.25, 0.3) is 5.69 Å². The lowest BCUT2D eigenvalue weighted by atomic mass is 10.1. The Labute approximate surface area is 175 Å². The van der Waals surface area contributed by atoms with Gasteiger partial charge in [-0.3, -0.25) is 14.9 Å². The molecule has 1 aromatic carbocycles. The maximum atomic E-state index is 11.8. The average Bonchev–Trinajstić information content (AvgIpc) is 2.71. The average molecular weight is 402 g/mol. The van der Waals surface area contributed by atoms with Crippen LogP contribution in [0.5, 0.6) is 5.75 Å². The van der Waals surface area contributed by atoms with Gasteiger partial charge in [-0.25, -0.2) is 0 Å². The Balaban J connectivity index is 1.96. The second kappa shape index (κ2) is 16.5. The first kappa shape index (κ1) is 24.6. The third-order valence-corrected chi connectivity index (χ3v) is 4.61. The number of nitro benzene ring substituents is 1. The SMILES string of the molecule is CCCCC/C=C/C/C=C/CCCCCCCC(=O)Oc1ccc([N+](=O)[O-])cc1. The minimum absolute atomic E-state index is 0.0153. The van der Waals surface area contributed by atoms with Crippen molar-refractivity contribution in [2.45, 2.75) is 84.0 Å². The summed E-state index contributed by atoms with van der Waals surface area (Å²) in [6.07, 6.45) is 22.0. The summed E-state index contributed by atoms with van der Waals surface area (Å²) in [4.78, 5) is 21.9. The van der Waals surface area contributed by atoms with E-state index in [1.807, 2.05) is 0 Å². The lowest BCUT2D eigenvalue weighted by Crippen LogP contribution is -2.07. The number of rotatable bonds is 16. The quantitative estimate of drug-likeness (QED) is 0.0727. The van der Waals surface area contributed by atoms with Crippen molar-refractivity contribution < 1.29 is 14.5 Å². The van der Waals surface area contributed by atoms with E-state index in [1.165, 1.54) is 62.8 Å². The van der Waals surface area contributed by atoms with Crippen LogP contribution in [0, 0.1) is 10.1 Å². The molecule has 5 nitrogen and oxygen atoms in total. The van der Waals surface area contributed by atoms with E-state index >= 15 is 0 Å². The molecule has 1 rings (SSSR count). The van der Waals surface area contributed by atoms with Crippen LogP contribution in [-0.4, -0.2) is 10.9 Å². The molecule has 0 N–H and O–H groups in total. The molecule has 0 aliphatic heterocycles. The van der Waals surface area contributed by atoms with Crippen LogP contribution in [-0.2, 0) is 4.79 Å². The third kappa shape index (κ3) is 13.4. The topological polar surface area (TPSA) is 69.4 Å². The van der Waals surface area contributed by atoms with Crippen molar-refractivity contribution in [1.82, 2.24) is 0 Å². The zero-order chi connectivity index (χ0) is 21.2. The molecule has 1 aromatic rings. The van der Waals surface area contributed by atoms with Crippen LogP contribution in [0.3, 0.4) is 0 Å². The van der Waals surface area contributed by atoms with Crippen molar-refractivity contribution in [2.24, 2.45) is 0 Å². The molecular formula is C24H35NO4. The van der Waals surface area contributed by atoms with Crippen LogP contribution in [0.15, 0.2) is 48.6 Å². The Bertz CT molecular complexity index is 635. The van der Waals surface area contributed by atoms with Crippen molar-refractivity contribution in [3.8, 4) is 5.75 Å². The molecule has 0 saturated heterocycles. The van der Waals surface area contributed by atoms with E-state index in [2.05, 4.69) is 31.2 Å². The fraction of sp³-hybridized carbons (Fsp3) is 0.542. The number of ether oxygens (including phenoxy) is 1. The second-order valence-corrected chi connectivity index (χ2v) is 7.21. The number of hydrogen-bond acceptors (Lipinski definition) is 4. The zero-order valence-electron chi connectivity index (χ0n) is 17.7. The van der Waals surface area contributed by atoms with Gasteiger partial charge in [-0.2, -0.15) is 0 Å². The molecule has 0 fully saturated rings. The molecule has 29 heavy (non-hydrogen) atoms. The molecule has 0 aliphatic carbocycles. The minimum atomic E-state index is -0.478. The van der Waals surface area contributed by atoms with Crippen LogP contribution in [0.2, 0.25) is 0 Å². The number of esters is 1. The first-order valence-electron chi connectivity index (χ1n) is 10.9. The molecule has 0 unspecified atom stereocenters. The molecule has 0 aliphatic rings. The molecule has 0 spiro atoms. The lowest BCUT2D eigenvalue weighted by molar-refractivity contribution is -0.384. The predicted molar refractivity (Wildman–Crippen MR) is 118 cm³/mol. The number of nitrogens with zero attached hydrogens (tertiary/aromatic N) is 1. The maximum absolute atomic E-state index is 11.8. The Morgan fingerprint density at radius 2 is 1.48 bits per heavy atom. The molecule has 0 radical (unpaired) electrons. The first-order chi connectivity index (χ1) is 14.1. The summed E-state index contributed by atoms with van der Waals surface area (Å²) in [6.45, 7) is 2.23. The largest absolute Gasteiger partial charge is 0.427 e. The summed E-state index contributed by atoms with van der Waals surface area (Å²) >= 11 is 0. The van der Waals surface area contributed by atoms with Gasteiger partial charge in [-0.05, 0) is 50.7 Å². The van der Waals surface area contributed by atoms with Gasteiger partial charge < -0.3 is 4.74 Å². The van der Waals surface area contributed by atoms with E-state index < -0.39 is 4.92 Å². The van der Waals surface area contributed by atoms with Crippen molar-refractivity contribution in [2.75, 3.05) is 0 Å². The van der Waals surface area contributed by atoms with Gasteiger partial charge in [0, 0.05) is 18.6 Å². The van der Waals surface area contributed by atoms with Crippen molar-refractivity contribution in [1.29, 1.82) is 0 Å². The monoisotopic (exact) mass is 401 g/mol. The molecule has 0 bridgehead atoms. The molecule has 0 saturated carbocycles. The Morgan fingerprint density at radius 3 is 2.10 bits per heavy atom. The summed E-state index contributed by atoms with van der Waals surface area (Å²) in [6, 6.07) is 5.57. The van der Waals surface area contributed by atoms with Crippen LogP contribution >= 0.6 is 0 Å². The van der Waals surface area contributed by atoms with Gasteiger partial charge >= 0.3 is 5.97 Å². The first-order valence-corrected chi connectivity index (χ1v) is 10.9. The Morgan fingerprint density at radius 1 is 0.897 bits per heavy atom. The molecular weight excluding hydrogens is 366 g/mol. The fourth-order valence-corrected chi connectivity index (χ4v) is 2.90. The maximum Gasteiger partial charge on any atom is 0.311 e. The van der Waals surface area contributed by atoms with E-state index in [4.69, 9.17) is 4.74 Å². The highest BCUT2D eigenvalue weighted by Gasteiger charge is 2.08. The van der Waals surface area contributed by atoms with E-state index in [0.717, 1.165) is 32.1 Å². The van der Waals surface area contributed by atoms with Crippen molar-refractivity contribution >= 4 is 11.7 Å². The van der Waals surface area contributed by atoms with Gasteiger partial charge in [0.05, 0.1) is 4.92 Å². The highest BCUT2D eigenvalue weighted by molar-refractivity contribution is 5.72. The molecule has 0 aromatic heterocycles. The smallest absolute Gasteiger partial charge is 0.311 e. The number of unbranched alkanes of at least 4 members (excludes halogenated alkanes) is 8. The summed E-state index contributed by atoms with van der Waals surface area (Å²) in [5.41, 5.74) is -0.0153. The van der Waals surface area contributed by atoms with E-state index in [0.29, 0.717) is 12.2 Å². The third-order valence-electron chi connectivity index (χ3n) is 4.61. The van der Waals surface area contributed by atoms with Crippen LogP contribution < -0.4 is 4.74 Å². The van der Waals surface area contributed by atoms with Crippen molar-refractivity contribution in [3.05, 3.63) is 58.7 Å². The number of nitro groups is 1. The van der Waals surface area contributed by atoms with E-state index in [-0.39, 0.29) is 11.7 Å². The summed E-state index contributed by atoms with van der Waals surface area (Å²) in [5.74, 6) is 0.0627. The predicted octanol–water partition coefficient (Wildman–Crippen LogP) is 7.31. The van der Waals surface area contributed by atoms with Crippen LogP contribution in [0.25, 0.3) is 0 Å². The highest BCUT2D eigenvalue weighted by atomic mass is 16.6. The summed E-state index contributed by atoms with van der Waals surface area (Å²) < 4.78 is 5.19. The van der Waals surface area contributed by atoms with E-state index in [9.17, 15) is 14.9 Å². The van der Waals surface area contributed by atoms with Crippen molar-refractivity contribution in [3.63, 3.8) is 0 Å². The highest BCUT2D eigenvalue weighted by Crippen LogP contribution is 2.18. The molecule has 0 atom stereocenters. The van der Waals surface area contributed by atoms with Gasteiger partial charge in [0.1, 0.15) is 5.75 Å². The lowest BCUT2D eigenvalue weighted by Gasteiger charge is -2.04. The van der Waals surface area contributed by atoms with Crippen LogP contribution in [0.4, 0.5) is 5.69 Å². The van der Waals surface area contributed by atoms with E-state index in [1.54, 1.807) is 0 Å². The normalized spacial score (nSPS) is 11.3. The van der Waals surface area contributed by atoms with Gasteiger partial charge in [0.2, 0.25) is 0 Å². The van der Waals surface area contributed by atoms with Gasteiger partial charge in [-0.1, -0.05) is 63.3 Å². The number of benzene rings is 1. The van der Waals surface area contributed by atoms with Crippen LogP contribution in [0.1, 0.15) is 84.0 Å².